The van der Waals surface area contributed by atoms with Crippen LogP contribution < -0.4 is 10.5 Å². The van der Waals surface area contributed by atoms with Crippen molar-refractivity contribution in [3.63, 3.8) is 0 Å². The Kier molecular flexibility index (Phi) is 3.68. The molecular weight excluding hydrogens is 284 g/mol. The topological polar surface area (TPSA) is 72.2 Å². The molecule has 2 rings (SSSR count). The van der Waals surface area contributed by atoms with Gasteiger partial charge in [0.25, 0.3) is 10.0 Å². The van der Waals surface area contributed by atoms with Crippen LogP contribution >= 0.6 is 11.6 Å². The SMILES string of the molecule is Cc1ccccc1NS(=O)(=O)c1ccc(N)c(Cl)c1. The van der Waals surface area contributed by atoms with Gasteiger partial charge in [0.2, 0.25) is 0 Å². The summed E-state index contributed by atoms with van der Waals surface area (Å²) in [5.41, 5.74) is 7.28. The van der Waals surface area contributed by atoms with Gasteiger partial charge in [-0.05, 0) is 36.8 Å². The molecule has 0 saturated carbocycles. The lowest BCUT2D eigenvalue weighted by Gasteiger charge is -2.11. The van der Waals surface area contributed by atoms with Gasteiger partial charge in [0.1, 0.15) is 0 Å². The van der Waals surface area contributed by atoms with Crippen LogP contribution in [0.2, 0.25) is 5.02 Å². The van der Waals surface area contributed by atoms with E-state index in [0.29, 0.717) is 11.4 Å². The number of nitrogens with two attached hydrogens (primary N) is 1. The summed E-state index contributed by atoms with van der Waals surface area (Å²) in [5, 5.41) is 0.215. The third-order valence-corrected chi connectivity index (χ3v) is 4.36. The molecule has 0 radical (unpaired) electrons. The number of anilines is 2. The van der Waals surface area contributed by atoms with Crippen molar-refractivity contribution in [2.24, 2.45) is 0 Å². The molecule has 0 bridgehead atoms. The number of nitrogens with one attached hydrogen (secondary N) is 1. The summed E-state index contributed by atoms with van der Waals surface area (Å²) in [6.45, 7) is 1.83. The Hall–Kier alpha value is -1.72. The number of hydrogen-bond acceptors (Lipinski definition) is 3. The number of halogens is 1. The summed E-state index contributed by atoms with van der Waals surface area (Å²) in [6, 6.07) is 11.3. The maximum atomic E-state index is 12.2. The van der Waals surface area contributed by atoms with E-state index in [9.17, 15) is 8.42 Å². The molecule has 0 amide bonds. The standard InChI is InChI=1S/C13H13ClN2O2S/c1-9-4-2-3-5-13(9)16-19(17,18)10-6-7-12(15)11(14)8-10/h2-8,16H,15H2,1H3. The molecule has 0 unspecified atom stereocenters. The fraction of sp³-hybridized carbons (Fsp3) is 0.0769. The first-order valence-corrected chi connectivity index (χ1v) is 7.40. The molecule has 2 aromatic rings. The predicted molar refractivity (Wildman–Crippen MR) is 77.9 cm³/mol. The average Bonchev–Trinajstić information content (AvgIpc) is 2.35. The molecule has 0 aliphatic heterocycles. The van der Waals surface area contributed by atoms with Crippen molar-refractivity contribution in [2.75, 3.05) is 10.5 Å². The lowest BCUT2D eigenvalue weighted by atomic mass is 10.2. The first kappa shape index (κ1) is 13.7. The van der Waals surface area contributed by atoms with Crippen LogP contribution in [0.1, 0.15) is 5.56 Å². The number of sulfonamides is 1. The highest BCUT2D eigenvalue weighted by molar-refractivity contribution is 7.92. The van der Waals surface area contributed by atoms with Gasteiger partial charge in [-0.2, -0.15) is 0 Å². The Morgan fingerprint density at radius 3 is 2.47 bits per heavy atom. The maximum Gasteiger partial charge on any atom is 0.261 e. The minimum Gasteiger partial charge on any atom is -0.398 e. The van der Waals surface area contributed by atoms with E-state index in [1.54, 1.807) is 12.1 Å². The Bertz CT molecular complexity index is 714. The van der Waals surface area contributed by atoms with Crippen molar-refractivity contribution >= 4 is 33.0 Å². The molecule has 0 fully saturated rings. The van der Waals surface area contributed by atoms with Crippen LogP contribution in [0.15, 0.2) is 47.4 Å². The number of hydrogen-bond donors (Lipinski definition) is 2. The summed E-state index contributed by atoms with van der Waals surface area (Å²) in [7, 11) is -3.67. The van der Waals surface area contributed by atoms with Gasteiger partial charge in [-0.25, -0.2) is 8.42 Å². The zero-order valence-electron chi connectivity index (χ0n) is 10.2. The number of aryl methyl sites for hydroxylation is 1. The smallest absolute Gasteiger partial charge is 0.261 e. The maximum absolute atomic E-state index is 12.2. The molecule has 19 heavy (non-hydrogen) atoms. The average molecular weight is 297 g/mol. The zero-order chi connectivity index (χ0) is 14.0. The van der Waals surface area contributed by atoms with Gasteiger partial charge in [0.15, 0.2) is 0 Å². The molecule has 6 heteroatoms. The molecule has 0 aliphatic carbocycles. The third-order valence-electron chi connectivity index (χ3n) is 2.67. The lowest BCUT2D eigenvalue weighted by molar-refractivity contribution is 0.601. The van der Waals surface area contributed by atoms with Crippen molar-refractivity contribution in [3.8, 4) is 0 Å². The van der Waals surface area contributed by atoms with Crippen LogP contribution in [0.5, 0.6) is 0 Å². The molecule has 0 spiro atoms. The predicted octanol–water partition coefficient (Wildman–Crippen LogP) is 3.03. The second kappa shape index (κ2) is 5.11. The van der Waals surface area contributed by atoms with Gasteiger partial charge >= 0.3 is 0 Å². The highest BCUT2D eigenvalue weighted by Gasteiger charge is 2.16. The summed E-state index contributed by atoms with van der Waals surface area (Å²) in [4.78, 5) is 0.0787. The number of para-hydroxylation sites is 1. The Balaban J connectivity index is 2.38. The van der Waals surface area contributed by atoms with Crippen LogP contribution in [0.25, 0.3) is 0 Å². The van der Waals surface area contributed by atoms with Crippen molar-refractivity contribution in [3.05, 3.63) is 53.1 Å². The van der Waals surface area contributed by atoms with Crippen molar-refractivity contribution in [2.45, 2.75) is 11.8 Å². The molecule has 2 aromatic carbocycles. The van der Waals surface area contributed by atoms with Crippen molar-refractivity contribution in [1.82, 2.24) is 0 Å². The molecule has 0 aromatic heterocycles. The number of benzene rings is 2. The van der Waals surface area contributed by atoms with E-state index in [1.165, 1.54) is 18.2 Å². The minimum absolute atomic E-state index is 0.0787. The highest BCUT2D eigenvalue weighted by atomic mass is 35.5. The molecule has 0 aliphatic rings. The molecular formula is C13H13ClN2O2S. The molecule has 0 heterocycles. The number of rotatable bonds is 3. The normalized spacial score (nSPS) is 11.3. The lowest BCUT2D eigenvalue weighted by Crippen LogP contribution is -2.13. The summed E-state index contributed by atoms with van der Waals surface area (Å²) >= 11 is 5.84. The van der Waals surface area contributed by atoms with Gasteiger partial charge in [0.05, 0.1) is 21.3 Å². The third kappa shape index (κ3) is 3.00. The quantitative estimate of drug-likeness (QED) is 0.855. The van der Waals surface area contributed by atoms with E-state index >= 15 is 0 Å². The monoisotopic (exact) mass is 296 g/mol. The van der Waals surface area contributed by atoms with Crippen LogP contribution in [-0.2, 0) is 10.0 Å². The molecule has 100 valence electrons. The summed E-state index contributed by atoms with van der Waals surface area (Å²) < 4.78 is 26.9. The largest absolute Gasteiger partial charge is 0.398 e. The van der Waals surface area contributed by atoms with Gasteiger partial charge in [-0.15, -0.1) is 0 Å². The Labute approximate surface area is 117 Å². The molecule has 4 nitrogen and oxygen atoms in total. The van der Waals surface area contributed by atoms with Crippen LogP contribution in [-0.4, -0.2) is 8.42 Å². The van der Waals surface area contributed by atoms with E-state index in [-0.39, 0.29) is 9.92 Å². The van der Waals surface area contributed by atoms with Gasteiger partial charge in [-0.3, -0.25) is 4.72 Å². The zero-order valence-corrected chi connectivity index (χ0v) is 11.8. The van der Waals surface area contributed by atoms with Crippen LogP contribution in [0, 0.1) is 6.92 Å². The fourth-order valence-electron chi connectivity index (χ4n) is 1.57. The van der Waals surface area contributed by atoms with Gasteiger partial charge < -0.3 is 5.73 Å². The Morgan fingerprint density at radius 1 is 1.16 bits per heavy atom. The first-order chi connectivity index (χ1) is 8.90. The summed E-state index contributed by atoms with van der Waals surface area (Å²) in [5.74, 6) is 0. The molecule has 3 N–H and O–H groups in total. The van der Waals surface area contributed by atoms with Crippen molar-refractivity contribution in [1.29, 1.82) is 0 Å². The number of nitrogen functional groups attached to an aromatic ring is 1. The van der Waals surface area contributed by atoms with E-state index in [2.05, 4.69) is 4.72 Å². The first-order valence-electron chi connectivity index (χ1n) is 5.53. The fourth-order valence-corrected chi connectivity index (χ4v) is 2.97. The van der Waals surface area contributed by atoms with E-state index in [4.69, 9.17) is 17.3 Å². The highest BCUT2D eigenvalue weighted by Crippen LogP contribution is 2.24. The van der Waals surface area contributed by atoms with Crippen molar-refractivity contribution < 1.29 is 8.42 Å². The van der Waals surface area contributed by atoms with Crippen LogP contribution in [0.3, 0.4) is 0 Å². The summed E-state index contributed by atoms with van der Waals surface area (Å²) in [6.07, 6.45) is 0. The van der Waals surface area contributed by atoms with E-state index in [1.807, 2.05) is 19.1 Å². The van der Waals surface area contributed by atoms with Gasteiger partial charge in [0, 0.05) is 0 Å². The second-order valence-electron chi connectivity index (χ2n) is 4.10. The molecule has 0 saturated heterocycles. The van der Waals surface area contributed by atoms with Gasteiger partial charge in [-0.1, -0.05) is 29.8 Å². The Morgan fingerprint density at radius 2 is 1.84 bits per heavy atom. The molecule has 0 atom stereocenters. The van der Waals surface area contributed by atoms with E-state index in [0.717, 1.165) is 5.56 Å². The van der Waals surface area contributed by atoms with E-state index < -0.39 is 10.0 Å². The minimum atomic E-state index is -3.67. The van der Waals surface area contributed by atoms with Crippen LogP contribution in [0.4, 0.5) is 11.4 Å². The second-order valence-corrected chi connectivity index (χ2v) is 6.19.